The van der Waals surface area contributed by atoms with Crippen molar-refractivity contribution in [2.45, 2.75) is 12.3 Å². The molecule has 1 aromatic heterocycles. The van der Waals surface area contributed by atoms with Gasteiger partial charge in [-0.05, 0) is 49.3 Å². The number of H-pyrrole nitrogens is 1. The van der Waals surface area contributed by atoms with Crippen LogP contribution in [0.15, 0.2) is 54.7 Å². The predicted molar refractivity (Wildman–Crippen MR) is 89.8 cm³/mol. The minimum Gasteiger partial charge on any atom is -0.361 e. The summed E-state index contributed by atoms with van der Waals surface area (Å²) in [5.74, 6) is 0.316. The normalized spacial score (nSPS) is 12.2. The SMILES string of the molecule is CNCCC(c1ccccc1)c1c[nH]c2ccc(C#N)cc12. The van der Waals surface area contributed by atoms with Crippen molar-refractivity contribution in [2.24, 2.45) is 0 Å². The Kier molecular flexibility index (Phi) is 4.22. The standard InChI is InChI=1S/C19H19N3/c1-21-10-9-16(15-5-3-2-4-6-15)18-13-22-19-8-7-14(12-20)11-17(18)19/h2-8,11,13,16,21-22H,9-10H2,1H3. The number of fused-ring (bicyclic) bond motifs is 1. The molecule has 3 rings (SSSR count). The highest BCUT2D eigenvalue weighted by atomic mass is 14.8. The van der Waals surface area contributed by atoms with E-state index in [1.165, 1.54) is 11.1 Å². The Morgan fingerprint density at radius 1 is 1.18 bits per heavy atom. The van der Waals surface area contributed by atoms with Crippen molar-refractivity contribution in [1.82, 2.24) is 10.3 Å². The van der Waals surface area contributed by atoms with E-state index in [0.29, 0.717) is 11.5 Å². The molecule has 0 aliphatic rings. The van der Waals surface area contributed by atoms with Crippen LogP contribution < -0.4 is 5.32 Å². The molecule has 0 saturated carbocycles. The van der Waals surface area contributed by atoms with Crippen LogP contribution in [0, 0.1) is 11.3 Å². The Morgan fingerprint density at radius 2 is 2.00 bits per heavy atom. The third-order valence-electron chi connectivity index (χ3n) is 4.10. The molecule has 0 radical (unpaired) electrons. The second-order valence-corrected chi connectivity index (χ2v) is 5.47. The van der Waals surface area contributed by atoms with E-state index in [0.717, 1.165) is 23.9 Å². The highest BCUT2D eigenvalue weighted by Gasteiger charge is 2.17. The molecule has 1 heterocycles. The van der Waals surface area contributed by atoms with Gasteiger partial charge >= 0.3 is 0 Å². The summed E-state index contributed by atoms with van der Waals surface area (Å²) in [5.41, 5.74) is 4.35. The third kappa shape index (κ3) is 2.74. The van der Waals surface area contributed by atoms with Gasteiger partial charge in [0.1, 0.15) is 0 Å². The van der Waals surface area contributed by atoms with E-state index in [4.69, 9.17) is 5.26 Å². The molecule has 0 spiro atoms. The van der Waals surface area contributed by atoms with Crippen molar-refractivity contribution in [3.05, 3.63) is 71.4 Å². The number of hydrogen-bond donors (Lipinski definition) is 2. The summed E-state index contributed by atoms with van der Waals surface area (Å²) in [5, 5.41) is 13.5. The van der Waals surface area contributed by atoms with Crippen LogP contribution in [-0.4, -0.2) is 18.6 Å². The smallest absolute Gasteiger partial charge is 0.0991 e. The summed E-state index contributed by atoms with van der Waals surface area (Å²) >= 11 is 0. The van der Waals surface area contributed by atoms with Crippen molar-refractivity contribution >= 4 is 10.9 Å². The van der Waals surface area contributed by atoms with Crippen LogP contribution in [0.1, 0.15) is 29.0 Å². The lowest BCUT2D eigenvalue weighted by atomic mass is 9.88. The fraction of sp³-hybridized carbons (Fsp3) is 0.211. The molecule has 2 aromatic carbocycles. The number of hydrogen-bond acceptors (Lipinski definition) is 2. The van der Waals surface area contributed by atoms with Gasteiger partial charge in [-0.25, -0.2) is 0 Å². The average Bonchev–Trinajstić information content (AvgIpc) is 2.99. The fourth-order valence-corrected chi connectivity index (χ4v) is 2.98. The van der Waals surface area contributed by atoms with Gasteiger partial charge in [0.05, 0.1) is 11.6 Å². The minimum absolute atomic E-state index is 0.316. The summed E-state index contributed by atoms with van der Waals surface area (Å²) in [7, 11) is 1.98. The van der Waals surface area contributed by atoms with E-state index in [1.54, 1.807) is 0 Å². The van der Waals surface area contributed by atoms with E-state index in [2.05, 4.69) is 46.8 Å². The maximum absolute atomic E-state index is 9.15. The lowest BCUT2D eigenvalue weighted by molar-refractivity contribution is 0.664. The fourth-order valence-electron chi connectivity index (χ4n) is 2.98. The van der Waals surface area contributed by atoms with Crippen molar-refractivity contribution in [2.75, 3.05) is 13.6 Å². The van der Waals surface area contributed by atoms with Crippen LogP contribution in [0.4, 0.5) is 0 Å². The van der Waals surface area contributed by atoms with Gasteiger partial charge in [0.15, 0.2) is 0 Å². The Bertz CT molecular complexity index is 796. The maximum atomic E-state index is 9.15. The monoisotopic (exact) mass is 289 g/mol. The molecule has 1 unspecified atom stereocenters. The van der Waals surface area contributed by atoms with Gasteiger partial charge < -0.3 is 10.3 Å². The van der Waals surface area contributed by atoms with Crippen LogP contribution >= 0.6 is 0 Å². The number of rotatable bonds is 5. The third-order valence-corrected chi connectivity index (χ3v) is 4.10. The zero-order chi connectivity index (χ0) is 15.4. The Balaban J connectivity index is 2.09. The lowest BCUT2D eigenvalue weighted by Crippen LogP contribution is -2.13. The summed E-state index contributed by atoms with van der Waals surface area (Å²) in [6.07, 6.45) is 3.10. The topological polar surface area (TPSA) is 51.6 Å². The van der Waals surface area contributed by atoms with E-state index in [1.807, 2.05) is 31.3 Å². The Morgan fingerprint density at radius 3 is 2.73 bits per heavy atom. The first kappa shape index (κ1) is 14.4. The minimum atomic E-state index is 0.316. The van der Waals surface area contributed by atoms with Gasteiger partial charge in [0.25, 0.3) is 0 Å². The van der Waals surface area contributed by atoms with E-state index in [-0.39, 0.29) is 0 Å². The first-order valence-corrected chi connectivity index (χ1v) is 7.54. The first-order valence-electron chi connectivity index (χ1n) is 7.54. The van der Waals surface area contributed by atoms with Crippen molar-refractivity contribution < 1.29 is 0 Å². The molecule has 0 aliphatic carbocycles. The van der Waals surface area contributed by atoms with Gasteiger partial charge in [-0.2, -0.15) is 5.26 Å². The number of nitrogens with zero attached hydrogens (tertiary/aromatic N) is 1. The van der Waals surface area contributed by atoms with E-state index in [9.17, 15) is 0 Å². The van der Waals surface area contributed by atoms with Crippen molar-refractivity contribution in [3.63, 3.8) is 0 Å². The van der Waals surface area contributed by atoms with E-state index >= 15 is 0 Å². The van der Waals surface area contributed by atoms with Crippen LogP contribution in [0.3, 0.4) is 0 Å². The molecule has 0 saturated heterocycles. The van der Waals surface area contributed by atoms with Gasteiger partial charge in [0, 0.05) is 23.0 Å². The van der Waals surface area contributed by atoms with Crippen LogP contribution in [-0.2, 0) is 0 Å². The van der Waals surface area contributed by atoms with Gasteiger partial charge in [-0.3, -0.25) is 0 Å². The number of aromatic nitrogens is 1. The molecule has 0 amide bonds. The van der Waals surface area contributed by atoms with E-state index < -0.39 is 0 Å². The van der Waals surface area contributed by atoms with Crippen LogP contribution in [0.25, 0.3) is 10.9 Å². The highest BCUT2D eigenvalue weighted by molar-refractivity contribution is 5.85. The molecule has 3 aromatic rings. The van der Waals surface area contributed by atoms with Crippen molar-refractivity contribution in [3.8, 4) is 6.07 Å². The zero-order valence-corrected chi connectivity index (χ0v) is 12.6. The maximum Gasteiger partial charge on any atom is 0.0991 e. The molecular weight excluding hydrogens is 270 g/mol. The zero-order valence-electron chi connectivity index (χ0n) is 12.6. The quantitative estimate of drug-likeness (QED) is 0.751. The van der Waals surface area contributed by atoms with Crippen LogP contribution in [0.5, 0.6) is 0 Å². The Labute approximate surface area is 130 Å². The second-order valence-electron chi connectivity index (χ2n) is 5.47. The van der Waals surface area contributed by atoms with Crippen LogP contribution in [0.2, 0.25) is 0 Å². The molecule has 22 heavy (non-hydrogen) atoms. The molecular formula is C19H19N3. The number of aromatic amines is 1. The Hall–Kier alpha value is -2.57. The van der Waals surface area contributed by atoms with Gasteiger partial charge in [0.2, 0.25) is 0 Å². The lowest BCUT2D eigenvalue weighted by Gasteiger charge is -2.17. The molecule has 0 bridgehead atoms. The molecule has 2 N–H and O–H groups in total. The summed E-state index contributed by atoms with van der Waals surface area (Å²) in [4.78, 5) is 3.34. The molecule has 1 atom stereocenters. The molecule has 110 valence electrons. The second kappa shape index (κ2) is 6.46. The largest absolute Gasteiger partial charge is 0.361 e. The average molecular weight is 289 g/mol. The summed E-state index contributed by atoms with van der Waals surface area (Å²) < 4.78 is 0. The predicted octanol–water partition coefficient (Wildman–Crippen LogP) is 3.78. The highest BCUT2D eigenvalue weighted by Crippen LogP contribution is 2.33. The summed E-state index contributed by atoms with van der Waals surface area (Å²) in [6, 6.07) is 18.6. The first-order chi connectivity index (χ1) is 10.8. The van der Waals surface area contributed by atoms with Crippen molar-refractivity contribution in [1.29, 1.82) is 5.26 Å². The van der Waals surface area contributed by atoms with Gasteiger partial charge in [-0.1, -0.05) is 30.3 Å². The molecule has 0 aliphatic heterocycles. The number of benzene rings is 2. The molecule has 0 fully saturated rings. The molecule has 3 nitrogen and oxygen atoms in total. The number of nitriles is 1. The summed E-state index contributed by atoms with van der Waals surface area (Å²) in [6.45, 7) is 0.949. The van der Waals surface area contributed by atoms with Gasteiger partial charge in [-0.15, -0.1) is 0 Å². The number of nitrogens with one attached hydrogen (secondary N) is 2. The molecule has 3 heteroatoms.